The highest BCUT2D eigenvalue weighted by Crippen LogP contribution is 2.40. The fraction of sp³-hybridized carbons (Fsp3) is 0.318. The molecule has 2 heterocycles. The Hall–Kier alpha value is -2.84. The van der Waals surface area contributed by atoms with Gasteiger partial charge in [-0.1, -0.05) is 23.7 Å². The van der Waals surface area contributed by atoms with Crippen LogP contribution in [0.4, 0.5) is 5.69 Å². The number of carbonyl (C=O) groups excluding carboxylic acids is 2. The molecule has 1 aliphatic heterocycles. The van der Waals surface area contributed by atoms with E-state index in [2.05, 4.69) is 4.98 Å². The van der Waals surface area contributed by atoms with Crippen molar-refractivity contribution in [1.82, 2.24) is 9.88 Å². The number of carbonyl (C=O) groups is 2. The fourth-order valence-corrected chi connectivity index (χ4v) is 5.00. The zero-order valence-electron chi connectivity index (χ0n) is 17.4. The molecule has 31 heavy (non-hydrogen) atoms. The summed E-state index contributed by atoms with van der Waals surface area (Å²) < 4.78 is 11.7. The first kappa shape index (κ1) is 21.4. The van der Waals surface area contributed by atoms with Gasteiger partial charge in [0.25, 0.3) is 0 Å². The summed E-state index contributed by atoms with van der Waals surface area (Å²) in [6, 6.07) is 11.2. The third-order valence-corrected chi connectivity index (χ3v) is 6.62. The third kappa shape index (κ3) is 4.18. The van der Waals surface area contributed by atoms with Crippen molar-refractivity contribution in [3.8, 4) is 11.5 Å². The zero-order chi connectivity index (χ0) is 22.1. The topological polar surface area (TPSA) is 72.0 Å². The van der Waals surface area contributed by atoms with E-state index >= 15 is 0 Å². The lowest BCUT2D eigenvalue weighted by molar-refractivity contribution is -0.135. The molecule has 0 saturated carbocycles. The SMILES string of the molecule is COc1cc(OC)c(N2C[C@@H](C(=O)N(C)Cc3nc4ccccc4s3)CC2=O)cc1Cl. The molecular weight excluding hydrogens is 438 g/mol. The number of anilines is 1. The summed E-state index contributed by atoms with van der Waals surface area (Å²) >= 11 is 7.83. The number of hydrogen-bond donors (Lipinski definition) is 0. The average molecular weight is 460 g/mol. The van der Waals surface area contributed by atoms with Crippen LogP contribution < -0.4 is 14.4 Å². The van der Waals surface area contributed by atoms with Crippen molar-refractivity contribution in [3.63, 3.8) is 0 Å². The number of methoxy groups -OCH3 is 2. The van der Waals surface area contributed by atoms with E-state index in [0.717, 1.165) is 15.2 Å². The van der Waals surface area contributed by atoms with E-state index in [-0.39, 0.29) is 24.8 Å². The Labute approximate surface area is 189 Å². The molecule has 2 amide bonds. The number of thiazole rings is 1. The van der Waals surface area contributed by atoms with Crippen LogP contribution in [0.1, 0.15) is 11.4 Å². The highest BCUT2D eigenvalue weighted by molar-refractivity contribution is 7.18. The van der Waals surface area contributed by atoms with Crippen molar-refractivity contribution in [2.24, 2.45) is 5.92 Å². The molecule has 2 aromatic carbocycles. The van der Waals surface area contributed by atoms with E-state index in [9.17, 15) is 9.59 Å². The molecule has 0 radical (unpaired) electrons. The maximum absolute atomic E-state index is 13.1. The van der Waals surface area contributed by atoms with Crippen molar-refractivity contribution in [3.05, 3.63) is 46.4 Å². The number of aromatic nitrogens is 1. The van der Waals surface area contributed by atoms with E-state index < -0.39 is 5.92 Å². The first-order chi connectivity index (χ1) is 14.9. The zero-order valence-corrected chi connectivity index (χ0v) is 19.0. The lowest BCUT2D eigenvalue weighted by Gasteiger charge is -2.22. The highest BCUT2D eigenvalue weighted by Gasteiger charge is 2.38. The van der Waals surface area contributed by atoms with Gasteiger partial charge in [0.1, 0.15) is 16.5 Å². The van der Waals surface area contributed by atoms with E-state index in [1.807, 2.05) is 24.3 Å². The van der Waals surface area contributed by atoms with Gasteiger partial charge >= 0.3 is 0 Å². The molecular formula is C22H22ClN3O4S. The van der Waals surface area contributed by atoms with Gasteiger partial charge in [0, 0.05) is 26.1 Å². The van der Waals surface area contributed by atoms with E-state index in [1.54, 1.807) is 40.3 Å². The van der Waals surface area contributed by atoms with Crippen LogP contribution in [0.25, 0.3) is 10.2 Å². The minimum Gasteiger partial charge on any atom is -0.495 e. The molecule has 0 spiro atoms. The quantitative estimate of drug-likeness (QED) is 0.557. The van der Waals surface area contributed by atoms with Crippen LogP contribution in [0.5, 0.6) is 11.5 Å². The second-order valence-corrected chi connectivity index (χ2v) is 8.86. The largest absolute Gasteiger partial charge is 0.495 e. The lowest BCUT2D eigenvalue weighted by Crippen LogP contribution is -2.34. The summed E-state index contributed by atoms with van der Waals surface area (Å²) in [5, 5.41) is 1.23. The average Bonchev–Trinajstić information content (AvgIpc) is 3.35. The van der Waals surface area contributed by atoms with Gasteiger partial charge in [-0.05, 0) is 18.2 Å². The van der Waals surface area contributed by atoms with Gasteiger partial charge in [0.15, 0.2) is 0 Å². The molecule has 1 atom stereocenters. The molecule has 3 aromatic rings. The Bertz CT molecular complexity index is 1120. The number of hydrogen-bond acceptors (Lipinski definition) is 6. The number of para-hydroxylation sites is 1. The molecule has 162 valence electrons. The molecule has 1 aromatic heterocycles. The van der Waals surface area contributed by atoms with Crippen molar-refractivity contribution < 1.29 is 19.1 Å². The van der Waals surface area contributed by atoms with Crippen LogP contribution in [0, 0.1) is 5.92 Å². The number of halogens is 1. The van der Waals surface area contributed by atoms with Crippen LogP contribution in [0.2, 0.25) is 5.02 Å². The van der Waals surface area contributed by atoms with Crippen molar-refractivity contribution in [2.45, 2.75) is 13.0 Å². The van der Waals surface area contributed by atoms with Gasteiger partial charge in [-0.25, -0.2) is 4.98 Å². The Morgan fingerprint density at radius 3 is 2.71 bits per heavy atom. The molecule has 0 bridgehead atoms. The summed E-state index contributed by atoms with van der Waals surface area (Å²) in [5.74, 6) is 0.236. The minimum atomic E-state index is -0.447. The van der Waals surface area contributed by atoms with E-state index in [4.69, 9.17) is 21.1 Å². The van der Waals surface area contributed by atoms with Crippen LogP contribution in [0.15, 0.2) is 36.4 Å². The molecule has 4 rings (SSSR count). The number of ether oxygens (including phenoxy) is 2. The number of benzene rings is 2. The summed E-state index contributed by atoms with van der Waals surface area (Å²) in [4.78, 5) is 33.6. The van der Waals surface area contributed by atoms with Gasteiger partial charge in [-0.3, -0.25) is 9.59 Å². The van der Waals surface area contributed by atoms with Crippen LogP contribution >= 0.6 is 22.9 Å². The molecule has 0 unspecified atom stereocenters. The number of fused-ring (bicyclic) bond motifs is 1. The lowest BCUT2D eigenvalue weighted by atomic mass is 10.1. The van der Waals surface area contributed by atoms with E-state index in [1.165, 1.54) is 14.2 Å². The monoisotopic (exact) mass is 459 g/mol. The highest BCUT2D eigenvalue weighted by atomic mass is 35.5. The van der Waals surface area contributed by atoms with Gasteiger partial charge in [-0.15, -0.1) is 11.3 Å². The van der Waals surface area contributed by atoms with E-state index in [0.29, 0.717) is 28.8 Å². The van der Waals surface area contributed by atoms with Gasteiger partial charge < -0.3 is 19.3 Å². The molecule has 0 N–H and O–H groups in total. The Balaban J connectivity index is 1.49. The minimum absolute atomic E-state index is 0.0892. The first-order valence-electron chi connectivity index (χ1n) is 9.72. The molecule has 1 fully saturated rings. The number of nitrogens with zero attached hydrogens (tertiary/aromatic N) is 3. The molecule has 9 heteroatoms. The maximum Gasteiger partial charge on any atom is 0.228 e. The smallest absolute Gasteiger partial charge is 0.228 e. The molecule has 7 nitrogen and oxygen atoms in total. The summed E-state index contributed by atoms with van der Waals surface area (Å²) in [5.41, 5.74) is 1.46. The van der Waals surface area contributed by atoms with Crippen LogP contribution in [0.3, 0.4) is 0 Å². The normalized spacial score (nSPS) is 16.1. The molecule has 1 aliphatic rings. The summed E-state index contributed by atoms with van der Waals surface area (Å²) in [6.45, 7) is 0.668. The molecule has 0 aliphatic carbocycles. The first-order valence-corrected chi connectivity index (χ1v) is 10.9. The summed E-state index contributed by atoms with van der Waals surface area (Å²) in [7, 11) is 4.77. The summed E-state index contributed by atoms with van der Waals surface area (Å²) in [6.07, 6.45) is 0.135. The third-order valence-electron chi connectivity index (χ3n) is 5.31. The molecule has 1 saturated heterocycles. The van der Waals surface area contributed by atoms with Crippen LogP contribution in [-0.4, -0.2) is 49.5 Å². The van der Waals surface area contributed by atoms with Crippen molar-refractivity contribution in [2.75, 3.05) is 32.7 Å². The second kappa shape index (κ2) is 8.72. The standard InChI is InChI=1S/C22H22ClN3O4S/c1-25(12-20-24-15-6-4-5-7-19(15)31-20)22(28)13-8-21(27)26(11-13)16-9-14(23)17(29-2)10-18(16)30-3/h4-7,9-10,13H,8,11-12H2,1-3H3/t13-/m0/s1. The van der Waals surface area contributed by atoms with Gasteiger partial charge in [0.2, 0.25) is 11.8 Å². The predicted molar refractivity (Wildman–Crippen MR) is 121 cm³/mol. The van der Waals surface area contributed by atoms with Crippen molar-refractivity contribution >= 4 is 50.7 Å². The number of amides is 2. The van der Waals surface area contributed by atoms with Crippen LogP contribution in [-0.2, 0) is 16.1 Å². The Morgan fingerprint density at radius 2 is 2.00 bits per heavy atom. The van der Waals surface area contributed by atoms with Crippen molar-refractivity contribution in [1.29, 1.82) is 0 Å². The Kier molecular flexibility index (Phi) is 6.02. The fourth-order valence-electron chi connectivity index (χ4n) is 3.74. The van der Waals surface area contributed by atoms with Gasteiger partial charge in [-0.2, -0.15) is 0 Å². The number of rotatable bonds is 6. The maximum atomic E-state index is 13.1. The second-order valence-electron chi connectivity index (χ2n) is 7.33. The Morgan fingerprint density at radius 1 is 1.26 bits per heavy atom. The van der Waals surface area contributed by atoms with Gasteiger partial charge in [0.05, 0.1) is 47.6 Å². The predicted octanol–water partition coefficient (Wildman–Crippen LogP) is 3.98.